The number of fused-ring (bicyclic) bond motifs is 1. The van der Waals surface area contributed by atoms with Gasteiger partial charge in [0.25, 0.3) is 0 Å². The molecule has 3 nitrogen and oxygen atoms in total. The van der Waals surface area contributed by atoms with Crippen LogP contribution >= 0.6 is 11.3 Å². The van der Waals surface area contributed by atoms with Crippen molar-refractivity contribution in [2.75, 3.05) is 5.43 Å². The second-order valence-electron chi connectivity index (χ2n) is 5.85. The van der Waals surface area contributed by atoms with Gasteiger partial charge in [0.1, 0.15) is 0 Å². The number of hydrogen-bond acceptors (Lipinski definition) is 4. The molecule has 0 saturated carbocycles. The summed E-state index contributed by atoms with van der Waals surface area (Å²) in [5.41, 5.74) is 7.43. The molecule has 4 rings (SSSR count). The van der Waals surface area contributed by atoms with Crippen molar-refractivity contribution in [2.24, 2.45) is 5.10 Å². The number of hydrazone groups is 1. The Morgan fingerprint density at radius 2 is 1.76 bits per heavy atom. The fraction of sp³-hybridized carbons (Fsp3) is 0.0476. The van der Waals surface area contributed by atoms with E-state index in [2.05, 4.69) is 82.4 Å². The summed E-state index contributed by atoms with van der Waals surface area (Å²) < 4.78 is 0. The number of hydrogen-bond donors (Lipinski definition) is 1. The lowest BCUT2D eigenvalue weighted by Gasteiger charge is -2.03. The molecule has 0 spiro atoms. The highest BCUT2D eigenvalue weighted by Crippen LogP contribution is 2.30. The zero-order chi connectivity index (χ0) is 17.1. The van der Waals surface area contributed by atoms with Crippen LogP contribution in [0.5, 0.6) is 0 Å². The molecule has 1 N–H and O–H groups in total. The van der Waals surface area contributed by atoms with Crippen LogP contribution in [0.3, 0.4) is 0 Å². The van der Waals surface area contributed by atoms with Crippen LogP contribution in [0.1, 0.15) is 11.1 Å². The lowest BCUT2D eigenvalue weighted by molar-refractivity contribution is 1.29. The summed E-state index contributed by atoms with van der Waals surface area (Å²) in [5.74, 6) is 0. The first kappa shape index (κ1) is 15.5. The molecule has 4 aromatic rings. The first-order chi connectivity index (χ1) is 12.3. The number of nitrogens with one attached hydrogen (secondary N) is 1. The highest BCUT2D eigenvalue weighted by molar-refractivity contribution is 7.14. The van der Waals surface area contributed by atoms with Gasteiger partial charge in [0.15, 0.2) is 0 Å². The van der Waals surface area contributed by atoms with Gasteiger partial charge in [-0.15, -0.1) is 11.3 Å². The third kappa shape index (κ3) is 3.44. The minimum Gasteiger partial charge on any atom is -0.253 e. The van der Waals surface area contributed by atoms with Gasteiger partial charge in [-0.2, -0.15) is 5.10 Å². The Labute approximate surface area is 150 Å². The molecule has 0 bridgehead atoms. The Bertz CT molecular complexity index is 1030. The molecule has 4 heteroatoms. The van der Waals surface area contributed by atoms with Crippen LogP contribution in [0.15, 0.2) is 77.2 Å². The van der Waals surface area contributed by atoms with E-state index < -0.39 is 0 Å². The van der Waals surface area contributed by atoms with Crippen molar-refractivity contribution < 1.29 is 0 Å². The van der Waals surface area contributed by atoms with E-state index in [0.29, 0.717) is 0 Å². The largest absolute Gasteiger partial charge is 0.253 e. The van der Waals surface area contributed by atoms with Gasteiger partial charge in [-0.3, -0.25) is 5.43 Å². The van der Waals surface area contributed by atoms with E-state index in [-0.39, 0.29) is 0 Å². The zero-order valence-electron chi connectivity index (χ0n) is 13.8. The molecule has 0 aliphatic carbocycles. The summed E-state index contributed by atoms with van der Waals surface area (Å²) in [4.78, 5) is 4.67. The topological polar surface area (TPSA) is 37.3 Å². The molecule has 0 saturated heterocycles. The van der Waals surface area contributed by atoms with Gasteiger partial charge in [-0.25, -0.2) is 4.98 Å². The van der Waals surface area contributed by atoms with Crippen LogP contribution in [0.4, 0.5) is 5.13 Å². The van der Waals surface area contributed by atoms with Crippen LogP contribution in [0.2, 0.25) is 0 Å². The fourth-order valence-corrected chi connectivity index (χ4v) is 3.37. The molecule has 0 amide bonds. The van der Waals surface area contributed by atoms with E-state index >= 15 is 0 Å². The van der Waals surface area contributed by atoms with Gasteiger partial charge in [0.2, 0.25) is 5.13 Å². The molecule has 0 aliphatic rings. The van der Waals surface area contributed by atoms with Crippen molar-refractivity contribution in [1.29, 1.82) is 0 Å². The molecular formula is C21H17N3S. The first-order valence-electron chi connectivity index (χ1n) is 8.09. The summed E-state index contributed by atoms with van der Waals surface area (Å²) in [6.45, 7) is 2.07. The van der Waals surface area contributed by atoms with E-state index in [0.717, 1.165) is 22.0 Å². The van der Waals surface area contributed by atoms with Crippen LogP contribution in [-0.2, 0) is 0 Å². The zero-order valence-corrected chi connectivity index (χ0v) is 14.6. The smallest absolute Gasteiger partial charge is 0.203 e. The minimum absolute atomic E-state index is 0.784. The number of aryl methyl sites for hydroxylation is 1. The summed E-state index contributed by atoms with van der Waals surface area (Å²) in [6, 6.07) is 22.9. The van der Waals surface area contributed by atoms with Crippen molar-refractivity contribution in [1.82, 2.24) is 4.98 Å². The Balaban J connectivity index is 1.55. The van der Waals surface area contributed by atoms with E-state index in [1.54, 1.807) is 17.6 Å². The predicted octanol–water partition coefficient (Wildman–Crippen LogP) is 5.72. The second kappa shape index (κ2) is 6.87. The first-order valence-corrected chi connectivity index (χ1v) is 8.97. The average molecular weight is 343 g/mol. The van der Waals surface area contributed by atoms with Crippen molar-refractivity contribution in [3.8, 4) is 11.3 Å². The van der Waals surface area contributed by atoms with Crippen LogP contribution in [0.25, 0.3) is 22.0 Å². The van der Waals surface area contributed by atoms with E-state index in [9.17, 15) is 0 Å². The van der Waals surface area contributed by atoms with Gasteiger partial charge in [0.05, 0.1) is 11.9 Å². The molecule has 0 radical (unpaired) electrons. The molecule has 1 heterocycles. The number of nitrogens with zero attached hydrogens (tertiary/aromatic N) is 2. The monoisotopic (exact) mass is 343 g/mol. The predicted molar refractivity (Wildman–Crippen MR) is 107 cm³/mol. The normalized spacial score (nSPS) is 11.2. The standard InChI is InChI=1S/C21H17N3S/c1-15-9-11-16(12-10-15)13-22-24-21-23-20(14-25-21)19-8-4-6-17-5-2-3-7-18(17)19/h2-14H,1H3,(H,23,24)/b22-13-. The third-order valence-electron chi connectivity index (χ3n) is 4.02. The molecule has 1 aromatic heterocycles. The van der Waals surface area contributed by atoms with Crippen LogP contribution in [0, 0.1) is 6.92 Å². The average Bonchev–Trinajstić information content (AvgIpc) is 3.12. The SMILES string of the molecule is Cc1ccc(/C=N\Nc2nc(-c3cccc4ccccc34)cs2)cc1. The molecule has 0 atom stereocenters. The lowest BCUT2D eigenvalue weighted by Crippen LogP contribution is -1.90. The van der Waals surface area contributed by atoms with Gasteiger partial charge < -0.3 is 0 Å². The van der Waals surface area contributed by atoms with Crippen molar-refractivity contribution in [3.63, 3.8) is 0 Å². The molecule has 0 fully saturated rings. The quantitative estimate of drug-likeness (QED) is 0.380. The highest BCUT2D eigenvalue weighted by atomic mass is 32.1. The summed E-state index contributed by atoms with van der Waals surface area (Å²) in [5, 5.41) is 9.56. The maximum absolute atomic E-state index is 4.67. The van der Waals surface area contributed by atoms with Gasteiger partial charge in [-0.1, -0.05) is 72.3 Å². The second-order valence-corrected chi connectivity index (χ2v) is 6.70. The van der Waals surface area contributed by atoms with Crippen LogP contribution < -0.4 is 5.43 Å². The molecule has 25 heavy (non-hydrogen) atoms. The lowest BCUT2D eigenvalue weighted by atomic mass is 10.0. The number of benzene rings is 3. The summed E-state index contributed by atoms with van der Waals surface area (Å²) in [7, 11) is 0. The molecular weight excluding hydrogens is 326 g/mol. The minimum atomic E-state index is 0.784. The number of anilines is 1. The molecule has 0 unspecified atom stereocenters. The Hall–Kier alpha value is -2.98. The maximum Gasteiger partial charge on any atom is 0.203 e. The van der Waals surface area contributed by atoms with E-state index in [1.807, 2.05) is 12.1 Å². The summed E-state index contributed by atoms with van der Waals surface area (Å²) >= 11 is 1.55. The maximum atomic E-state index is 4.67. The third-order valence-corrected chi connectivity index (χ3v) is 4.77. The molecule has 3 aromatic carbocycles. The Morgan fingerprint density at radius 1 is 0.960 bits per heavy atom. The van der Waals surface area contributed by atoms with E-state index in [1.165, 1.54) is 16.3 Å². The Morgan fingerprint density at radius 3 is 2.64 bits per heavy atom. The van der Waals surface area contributed by atoms with Gasteiger partial charge in [0, 0.05) is 10.9 Å². The Kier molecular flexibility index (Phi) is 4.27. The highest BCUT2D eigenvalue weighted by Gasteiger charge is 2.07. The van der Waals surface area contributed by atoms with Crippen molar-refractivity contribution in [3.05, 3.63) is 83.2 Å². The van der Waals surface area contributed by atoms with Crippen LogP contribution in [-0.4, -0.2) is 11.2 Å². The van der Waals surface area contributed by atoms with Gasteiger partial charge in [-0.05, 0) is 23.3 Å². The van der Waals surface area contributed by atoms with Crippen molar-refractivity contribution in [2.45, 2.75) is 6.92 Å². The van der Waals surface area contributed by atoms with E-state index in [4.69, 9.17) is 0 Å². The molecule has 122 valence electrons. The number of aromatic nitrogens is 1. The molecule has 0 aliphatic heterocycles. The summed E-state index contributed by atoms with van der Waals surface area (Å²) in [6.07, 6.45) is 1.80. The van der Waals surface area contributed by atoms with Crippen molar-refractivity contribution >= 4 is 33.5 Å². The number of rotatable bonds is 4. The fourth-order valence-electron chi connectivity index (χ4n) is 2.71. The van der Waals surface area contributed by atoms with Gasteiger partial charge >= 0.3 is 0 Å². The number of thiazole rings is 1.